The maximum absolute atomic E-state index is 11.6. The van der Waals surface area contributed by atoms with Gasteiger partial charge in [-0.25, -0.2) is 0 Å². The molecule has 0 spiro atoms. The second-order valence-corrected chi connectivity index (χ2v) is 4.33. The minimum Gasteiger partial charge on any atom is -0.258 e. The molecule has 0 radical (unpaired) electrons. The molecule has 0 aliphatic carbocycles. The zero-order valence-electron chi connectivity index (χ0n) is 8.15. The number of non-ortho nitro benzene ring substituents is 1. The number of rotatable bonds is 5. The third kappa shape index (κ3) is 3.34. The normalized spacial score (nSPS) is 11.5. The molecule has 8 heteroatoms. The van der Waals surface area contributed by atoms with Crippen LogP contribution in [0.25, 0.3) is 10.4 Å². The predicted molar refractivity (Wildman–Crippen MR) is 58.4 cm³/mol. The fraction of sp³-hybridized carbons (Fsp3) is 0.250. The standard InChI is InChI=1S/C8H8N4O3S/c9-11-10-5-6-16(15)8-3-1-7(2-4-8)12(13)14/h1-4H,5-6H2. The summed E-state index contributed by atoms with van der Waals surface area (Å²) in [6.07, 6.45) is 0. The molecule has 1 unspecified atom stereocenters. The van der Waals surface area contributed by atoms with Gasteiger partial charge in [-0.1, -0.05) is 5.11 Å². The molecule has 0 aliphatic heterocycles. The largest absolute Gasteiger partial charge is 0.269 e. The van der Waals surface area contributed by atoms with Crippen molar-refractivity contribution >= 4 is 16.5 Å². The van der Waals surface area contributed by atoms with Crippen molar-refractivity contribution in [3.05, 3.63) is 44.8 Å². The van der Waals surface area contributed by atoms with E-state index in [2.05, 4.69) is 10.0 Å². The van der Waals surface area contributed by atoms with Crippen LogP contribution in [0.5, 0.6) is 0 Å². The lowest BCUT2D eigenvalue weighted by molar-refractivity contribution is -0.384. The van der Waals surface area contributed by atoms with Crippen molar-refractivity contribution in [2.45, 2.75) is 4.90 Å². The van der Waals surface area contributed by atoms with Crippen molar-refractivity contribution in [1.29, 1.82) is 0 Å². The fourth-order valence-electron chi connectivity index (χ4n) is 1.01. The van der Waals surface area contributed by atoms with Crippen LogP contribution in [-0.4, -0.2) is 21.4 Å². The first kappa shape index (κ1) is 12.2. The quantitative estimate of drug-likeness (QED) is 0.258. The van der Waals surface area contributed by atoms with Gasteiger partial charge in [0.15, 0.2) is 0 Å². The van der Waals surface area contributed by atoms with Crippen LogP contribution < -0.4 is 0 Å². The molecule has 1 aromatic carbocycles. The number of nitro groups is 1. The van der Waals surface area contributed by atoms with Crippen LogP contribution in [0.15, 0.2) is 34.3 Å². The average molecular weight is 240 g/mol. The number of benzene rings is 1. The highest BCUT2D eigenvalue weighted by Gasteiger charge is 2.07. The van der Waals surface area contributed by atoms with Gasteiger partial charge in [0.1, 0.15) is 0 Å². The van der Waals surface area contributed by atoms with Crippen molar-refractivity contribution in [2.24, 2.45) is 5.11 Å². The summed E-state index contributed by atoms with van der Waals surface area (Å²) in [6, 6.07) is 5.45. The van der Waals surface area contributed by atoms with Gasteiger partial charge in [-0.2, -0.15) is 0 Å². The second kappa shape index (κ2) is 5.84. The molecule has 1 rings (SSSR count). The zero-order chi connectivity index (χ0) is 12.0. The summed E-state index contributed by atoms with van der Waals surface area (Å²) in [4.78, 5) is 12.9. The molecule has 0 aromatic heterocycles. The Kier molecular flexibility index (Phi) is 4.43. The fourth-order valence-corrected chi connectivity index (χ4v) is 1.93. The summed E-state index contributed by atoms with van der Waals surface area (Å²) >= 11 is 0. The third-order valence-electron chi connectivity index (χ3n) is 1.75. The van der Waals surface area contributed by atoms with Gasteiger partial charge in [0.05, 0.1) is 15.7 Å². The Hall–Kier alpha value is -1.92. The second-order valence-electron chi connectivity index (χ2n) is 2.76. The molecule has 0 aliphatic rings. The van der Waals surface area contributed by atoms with E-state index < -0.39 is 15.7 Å². The molecule has 1 aromatic rings. The molecule has 0 heterocycles. The lowest BCUT2D eigenvalue weighted by Crippen LogP contribution is -2.00. The van der Waals surface area contributed by atoms with E-state index in [9.17, 15) is 14.3 Å². The van der Waals surface area contributed by atoms with Gasteiger partial charge in [-0.3, -0.25) is 14.3 Å². The van der Waals surface area contributed by atoms with Crippen LogP contribution in [0.1, 0.15) is 0 Å². The van der Waals surface area contributed by atoms with E-state index in [4.69, 9.17) is 5.53 Å². The SMILES string of the molecule is [N-]=[N+]=NCCS(=O)c1ccc([N+](=O)[O-])cc1. The van der Waals surface area contributed by atoms with E-state index in [0.29, 0.717) is 4.90 Å². The lowest BCUT2D eigenvalue weighted by atomic mass is 10.3. The Labute approximate surface area is 93.3 Å². The molecule has 0 saturated heterocycles. The minimum atomic E-state index is -1.29. The summed E-state index contributed by atoms with van der Waals surface area (Å²) in [6.45, 7) is 0.139. The average Bonchev–Trinajstić information content (AvgIpc) is 2.29. The third-order valence-corrected chi connectivity index (χ3v) is 3.10. The highest BCUT2D eigenvalue weighted by atomic mass is 32.2. The van der Waals surface area contributed by atoms with Crippen molar-refractivity contribution < 1.29 is 9.13 Å². The highest BCUT2D eigenvalue weighted by Crippen LogP contribution is 2.14. The Balaban J connectivity index is 2.70. The molecule has 0 N–H and O–H groups in total. The van der Waals surface area contributed by atoms with Crippen LogP contribution in [-0.2, 0) is 10.8 Å². The van der Waals surface area contributed by atoms with Crippen LogP contribution in [0.2, 0.25) is 0 Å². The molecule has 0 bridgehead atoms. The molecular formula is C8H8N4O3S. The van der Waals surface area contributed by atoms with Gasteiger partial charge in [0.25, 0.3) is 5.69 Å². The van der Waals surface area contributed by atoms with Gasteiger partial charge in [-0.15, -0.1) is 0 Å². The summed E-state index contributed by atoms with van der Waals surface area (Å²) in [7, 11) is -1.29. The summed E-state index contributed by atoms with van der Waals surface area (Å²) < 4.78 is 11.6. The van der Waals surface area contributed by atoms with Gasteiger partial charge in [0.2, 0.25) is 0 Å². The first-order chi connectivity index (χ1) is 7.65. The first-order valence-electron chi connectivity index (χ1n) is 4.29. The number of nitrogens with zero attached hydrogens (tertiary/aromatic N) is 4. The van der Waals surface area contributed by atoms with Gasteiger partial charge in [0, 0.05) is 34.2 Å². The topological polar surface area (TPSA) is 109 Å². The molecule has 16 heavy (non-hydrogen) atoms. The molecule has 0 saturated carbocycles. The van der Waals surface area contributed by atoms with Gasteiger partial charge >= 0.3 is 0 Å². The number of hydrogen-bond donors (Lipinski definition) is 0. The van der Waals surface area contributed by atoms with Crippen LogP contribution in [0, 0.1) is 10.1 Å². The maximum atomic E-state index is 11.6. The Morgan fingerprint density at radius 1 is 1.44 bits per heavy atom. The Morgan fingerprint density at radius 3 is 2.56 bits per heavy atom. The summed E-state index contributed by atoms with van der Waals surface area (Å²) in [5, 5.41) is 13.6. The monoisotopic (exact) mass is 240 g/mol. The van der Waals surface area contributed by atoms with E-state index in [1.807, 2.05) is 0 Å². The number of azide groups is 1. The van der Waals surface area contributed by atoms with Gasteiger partial charge in [-0.05, 0) is 17.7 Å². The van der Waals surface area contributed by atoms with E-state index in [1.165, 1.54) is 24.3 Å². The van der Waals surface area contributed by atoms with E-state index in [1.54, 1.807) is 0 Å². The Morgan fingerprint density at radius 2 is 2.06 bits per heavy atom. The zero-order valence-corrected chi connectivity index (χ0v) is 8.96. The maximum Gasteiger partial charge on any atom is 0.269 e. The van der Waals surface area contributed by atoms with E-state index >= 15 is 0 Å². The van der Waals surface area contributed by atoms with Crippen LogP contribution in [0.3, 0.4) is 0 Å². The summed E-state index contributed by atoms with van der Waals surface area (Å²) in [5.41, 5.74) is 7.99. The summed E-state index contributed by atoms with van der Waals surface area (Å²) in [5.74, 6) is 0.210. The molecule has 84 valence electrons. The van der Waals surface area contributed by atoms with E-state index in [0.717, 1.165) is 0 Å². The Bertz CT molecular complexity index is 453. The number of nitro benzene ring substituents is 1. The molecule has 7 nitrogen and oxygen atoms in total. The van der Waals surface area contributed by atoms with Crippen molar-refractivity contribution in [3.8, 4) is 0 Å². The molecule has 1 atom stereocenters. The van der Waals surface area contributed by atoms with Crippen LogP contribution >= 0.6 is 0 Å². The van der Waals surface area contributed by atoms with Crippen LogP contribution in [0.4, 0.5) is 5.69 Å². The van der Waals surface area contributed by atoms with E-state index in [-0.39, 0.29) is 18.0 Å². The molecular weight excluding hydrogens is 232 g/mol. The lowest BCUT2D eigenvalue weighted by Gasteiger charge is -1.99. The van der Waals surface area contributed by atoms with Gasteiger partial charge < -0.3 is 0 Å². The smallest absolute Gasteiger partial charge is 0.258 e. The highest BCUT2D eigenvalue weighted by molar-refractivity contribution is 7.85. The van der Waals surface area contributed by atoms with Crippen molar-refractivity contribution in [1.82, 2.24) is 0 Å². The number of hydrogen-bond acceptors (Lipinski definition) is 4. The first-order valence-corrected chi connectivity index (χ1v) is 5.60. The molecule has 0 fully saturated rings. The predicted octanol–water partition coefficient (Wildman–Crippen LogP) is 2.01. The molecule has 0 amide bonds. The minimum absolute atomic E-state index is 0.0456. The van der Waals surface area contributed by atoms with Crippen molar-refractivity contribution in [3.63, 3.8) is 0 Å². The van der Waals surface area contributed by atoms with Crippen molar-refractivity contribution in [2.75, 3.05) is 12.3 Å².